The smallest absolute Gasteiger partial charge is 0.462 e. The number of aliphatic hydroxyl groups is 1. The van der Waals surface area contributed by atoms with Gasteiger partial charge < -0.3 is 33.8 Å². The molecular weight excluding hydrogens is 1170 g/mol. The second-order valence-corrected chi connectivity index (χ2v) is 29.1. The monoisotopic (exact) mass is 1310 g/mol. The Morgan fingerprint density at radius 3 is 0.764 bits per heavy atom. The van der Waals surface area contributed by atoms with Gasteiger partial charge in [-0.3, -0.25) is 37.3 Å². The standard InChI is InChI=1S/C70H136O17P2/c1-7-9-11-13-15-17-18-19-20-21-22-23-24-25-26-27-28-29-30-34-42-48-54-69(74)86-65(58-81-68(73)53-47-41-35-31-32-38-44-50-62(3)4)60-84-88(76,77)82-56-64(71)57-83-89(78,79)85-61-66(59-80-67(72)52-46-40-33-16-14-12-10-8-2)87-70(75)55-49-43-37-36-39-45-51-63(5)6/h62-66,71H,7-61H2,1-6H3,(H,76,77)(H,78,79)/t64-,65-,66-/m1/s1. The summed E-state index contributed by atoms with van der Waals surface area (Å²) in [5.41, 5.74) is 0. The van der Waals surface area contributed by atoms with E-state index in [2.05, 4.69) is 41.5 Å². The van der Waals surface area contributed by atoms with Crippen molar-refractivity contribution < 1.29 is 80.2 Å². The summed E-state index contributed by atoms with van der Waals surface area (Å²) < 4.78 is 68.1. The highest BCUT2D eigenvalue weighted by Gasteiger charge is 2.30. The number of aliphatic hydroxyl groups excluding tert-OH is 1. The molecule has 0 saturated carbocycles. The van der Waals surface area contributed by atoms with Gasteiger partial charge in [0.1, 0.15) is 19.3 Å². The Labute approximate surface area is 543 Å². The van der Waals surface area contributed by atoms with Gasteiger partial charge in [-0.2, -0.15) is 0 Å². The van der Waals surface area contributed by atoms with E-state index in [1.54, 1.807) is 0 Å². The Kier molecular flexibility index (Phi) is 60.8. The predicted molar refractivity (Wildman–Crippen MR) is 358 cm³/mol. The lowest BCUT2D eigenvalue weighted by atomic mass is 10.0. The molecule has 0 rings (SSSR count). The molecule has 0 aliphatic rings. The maximum atomic E-state index is 13.0. The molecule has 0 radical (unpaired) electrons. The Morgan fingerprint density at radius 2 is 0.517 bits per heavy atom. The molecule has 0 aliphatic heterocycles. The maximum Gasteiger partial charge on any atom is 0.472 e. The van der Waals surface area contributed by atoms with Gasteiger partial charge in [0.05, 0.1) is 26.4 Å². The lowest BCUT2D eigenvalue weighted by molar-refractivity contribution is -0.161. The van der Waals surface area contributed by atoms with Crippen molar-refractivity contribution in [2.45, 2.75) is 374 Å². The zero-order valence-electron chi connectivity index (χ0n) is 57.7. The first-order chi connectivity index (χ1) is 42.9. The second-order valence-electron chi connectivity index (χ2n) is 26.2. The molecule has 2 unspecified atom stereocenters. The SMILES string of the molecule is CCCCCCCCCCCCCCCCCCCCCCCCC(=O)O[C@H](COC(=O)CCCCCCCCCC(C)C)COP(=O)(O)OC[C@@H](O)COP(=O)(O)OC[C@@H](COC(=O)CCCCCCCCCC)OC(=O)CCCCCCCCC(C)C. The number of rotatable bonds is 69. The first-order valence-electron chi connectivity index (χ1n) is 36.5. The van der Waals surface area contributed by atoms with E-state index in [0.717, 1.165) is 103 Å². The highest BCUT2D eigenvalue weighted by atomic mass is 31.2. The number of carbonyl (C=O) groups is 4. The third kappa shape index (κ3) is 64.6. The first kappa shape index (κ1) is 87.1. The Bertz CT molecular complexity index is 1730. The van der Waals surface area contributed by atoms with Crippen LogP contribution in [-0.2, 0) is 65.4 Å². The van der Waals surface area contributed by atoms with E-state index in [4.69, 9.17) is 37.0 Å². The minimum Gasteiger partial charge on any atom is -0.462 e. The summed E-state index contributed by atoms with van der Waals surface area (Å²) >= 11 is 0. The van der Waals surface area contributed by atoms with Gasteiger partial charge in [0.2, 0.25) is 0 Å². The summed E-state index contributed by atoms with van der Waals surface area (Å²) in [6.07, 6.45) is 47.8. The molecule has 0 aromatic carbocycles. The van der Waals surface area contributed by atoms with E-state index in [1.807, 2.05) is 0 Å². The molecule has 19 heteroatoms. The number of hydrogen-bond donors (Lipinski definition) is 3. The average Bonchev–Trinajstić information content (AvgIpc) is 3.70. The zero-order valence-corrected chi connectivity index (χ0v) is 59.5. The van der Waals surface area contributed by atoms with Crippen molar-refractivity contribution in [1.82, 2.24) is 0 Å². The molecule has 0 aromatic heterocycles. The number of carbonyl (C=O) groups excluding carboxylic acids is 4. The van der Waals surface area contributed by atoms with Gasteiger partial charge in [-0.15, -0.1) is 0 Å². The van der Waals surface area contributed by atoms with Crippen LogP contribution >= 0.6 is 15.6 Å². The number of unbranched alkanes of at least 4 members (excludes halogenated alkanes) is 39. The fourth-order valence-electron chi connectivity index (χ4n) is 10.6. The zero-order chi connectivity index (χ0) is 65.7. The van der Waals surface area contributed by atoms with Crippen LogP contribution in [0.1, 0.15) is 356 Å². The van der Waals surface area contributed by atoms with Gasteiger partial charge >= 0.3 is 39.5 Å². The van der Waals surface area contributed by atoms with Crippen LogP contribution < -0.4 is 0 Å². The first-order valence-corrected chi connectivity index (χ1v) is 39.5. The molecule has 0 fully saturated rings. The van der Waals surface area contributed by atoms with Crippen LogP contribution in [0, 0.1) is 11.8 Å². The van der Waals surface area contributed by atoms with Crippen LogP contribution in [0.4, 0.5) is 0 Å². The van der Waals surface area contributed by atoms with Crippen molar-refractivity contribution in [3.05, 3.63) is 0 Å². The van der Waals surface area contributed by atoms with Crippen LogP contribution in [0.5, 0.6) is 0 Å². The highest BCUT2D eigenvalue weighted by Crippen LogP contribution is 2.45. The van der Waals surface area contributed by atoms with Crippen LogP contribution in [0.2, 0.25) is 0 Å². The summed E-state index contributed by atoms with van der Waals surface area (Å²) in [5.74, 6) is -0.761. The second kappa shape index (κ2) is 62.2. The number of phosphoric acid groups is 2. The molecule has 3 N–H and O–H groups in total. The fourth-order valence-corrected chi connectivity index (χ4v) is 12.2. The maximum absolute atomic E-state index is 13.0. The summed E-state index contributed by atoms with van der Waals surface area (Å²) in [5, 5.41) is 10.6. The van der Waals surface area contributed by atoms with E-state index < -0.39 is 97.5 Å². The van der Waals surface area contributed by atoms with Crippen molar-refractivity contribution in [1.29, 1.82) is 0 Å². The van der Waals surface area contributed by atoms with Gasteiger partial charge in [0.25, 0.3) is 0 Å². The lowest BCUT2D eigenvalue weighted by Crippen LogP contribution is -2.30. The third-order valence-electron chi connectivity index (χ3n) is 16.2. The van der Waals surface area contributed by atoms with E-state index in [0.29, 0.717) is 37.5 Å². The van der Waals surface area contributed by atoms with Crippen LogP contribution in [0.3, 0.4) is 0 Å². The minimum absolute atomic E-state index is 0.102. The largest absolute Gasteiger partial charge is 0.472 e. The minimum atomic E-state index is -4.95. The number of phosphoric ester groups is 2. The summed E-state index contributed by atoms with van der Waals surface area (Å²) in [6, 6.07) is 0. The van der Waals surface area contributed by atoms with Crippen molar-refractivity contribution in [2.24, 2.45) is 11.8 Å². The quantitative estimate of drug-likeness (QED) is 0.0222. The van der Waals surface area contributed by atoms with Gasteiger partial charge in [0.15, 0.2) is 12.2 Å². The molecular formula is C70H136O17P2. The summed E-state index contributed by atoms with van der Waals surface area (Å²) in [6.45, 7) is 9.36. The molecule has 0 saturated heterocycles. The molecule has 5 atom stereocenters. The molecule has 0 aromatic rings. The van der Waals surface area contributed by atoms with Gasteiger partial charge in [-0.05, 0) is 37.5 Å². The Hall–Kier alpha value is -1.94. The molecule has 0 bridgehead atoms. The highest BCUT2D eigenvalue weighted by molar-refractivity contribution is 7.47. The van der Waals surface area contributed by atoms with Crippen LogP contribution in [-0.4, -0.2) is 96.7 Å². The van der Waals surface area contributed by atoms with Crippen molar-refractivity contribution in [3.63, 3.8) is 0 Å². The molecule has 89 heavy (non-hydrogen) atoms. The van der Waals surface area contributed by atoms with Crippen molar-refractivity contribution in [2.75, 3.05) is 39.6 Å². The van der Waals surface area contributed by atoms with E-state index in [9.17, 15) is 43.2 Å². The van der Waals surface area contributed by atoms with Gasteiger partial charge in [0, 0.05) is 25.7 Å². The fraction of sp³-hybridized carbons (Fsp3) is 0.943. The van der Waals surface area contributed by atoms with E-state index in [1.165, 1.54) is 161 Å². The normalized spacial score (nSPS) is 14.1. The summed E-state index contributed by atoms with van der Waals surface area (Å²) in [7, 11) is -9.89. The van der Waals surface area contributed by atoms with Crippen LogP contribution in [0.15, 0.2) is 0 Å². The number of ether oxygens (including phenoxy) is 4. The molecule has 0 heterocycles. The molecule has 0 amide bonds. The summed E-state index contributed by atoms with van der Waals surface area (Å²) in [4.78, 5) is 72.3. The van der Waals surface area contributed by atoms with Gasteiger partial charge in [-0.25, -0.2) is 9.13 Å². The van der Waals surface area contributed by atoms with Crippen molar-refractivity contribution >= 4 is 39.5 Å². The van der Waals surface area contributed by atoms with Crippen LogP contribution in [0.25, 0.3) is 0 Å². The molecule has 0 spiro atoms. The number of esters is 4. The number of hydrogen-bond acceptors (Lipinski definition) is 15. The molecule has 17 nitrogen and oxygen atoms in total. The molecule has 0 aliphatic carbocycles. The third-order valence-corrected chi connectivity index (χ3v) is 18.1. The topological polar surface area (TPSA) is 237 Å². The average molecular weight is 1310 g/mol. The predicted octanol–water partition coefficient (Wildman–Crippen LogP) is 20.0. The van der Waals surface area contributed by atoms with E-state index >= 15 is 0 Å². The molecule has 528 valence electrons. The lowest BCUT2D eigenvalue weighted by Gasteiger charge is -2.21. The van der Waals surface area contributed by atoms with Gasteiger partial charge in [-0.1, -0.05) is 305 Å². The van der Waals surface area contributed by atoms with E-state index in [-0.39, 0.29) is 25.7 Å². The Morgan fingerprint density at radius 1 is 0.303 bits per heavy atom. The van der Waals surface area contributed by atoms with Crippen molar-refractivity contribution in [3.8, 4) is 0 Å². The Balaban J connectivity index is 5.10.